The highest BCUT2D eigenvalue weighted by Gasteiger charge is 1.98. The zero-order valence-electron chi connectivity index (χ0n) is 12.3. The molecule has 3 nitrogen and oxygen atoms in total. The van der Waals surface area contributed by atoms with Crippen molar-refractivity contribution in [3.05, 3.63) is 48.2 Å². The topological polar surface area (TPSA) is 37.0 Å². The molecule has 2 rings (SSSR count). The molecule has 0 bridgehead atoms. The zero-order chi connectivity index (χ0) is 14.2. The second-order valence-corrected chi connectivity index (χ2v) is 4.93. The Morgan fingerprint density at radius 3 is 2.45 bits per heavy atom. The fraction of sp³-hybridized carbons (Fsp3) is 0.353. The van der Waals surface area contributed by atoms with Crippen molar-refractivity contribution < 1.29 is 0 Å². The van der Waals surface area contributed by atoms with Crippen LogP contribution in [0.4, 0.5) is 17.2 Å². The van der Waals surface area contributed by atoms with Crippen molar-refractivity contribution in [2.75, 3.05) is 17.2 Å². The summed E-state index contributed by atoms with van der Waals surface area (Å²) in [6.45, 7) is 5.29. The Hall–Kier alpha value is -2.03. The highest BCUT2D eigenvalue weighted by Crippen LogP contribution is 2.19. The summed E-state index contributed by atoms with van der Waals surface area (Å²) in [7, 11) is 0. The third kappa shape index (κ3) is 4.26. The summed E-state index contributed by atoms with van der Waals surface area (Å²) in [6.07, 6.45) is 5.24. The van der Waals surface area contributed by atoms with Gasteiger partial charge in [0.2, 0.25) is 0 Å². The van der Waals surface area contributed by atoms with E-state index in [0.717, 1.165) is 36.6 Å². The zero-order valence-corrected chi connectivity index (χ0v) is 12.3. The number of benzene rings is 1. The van der Waals surface area contributed by atoms with Gasteiger partial charge in [-0.2, -0.15) is 0 Å². The molecule has 0 spiro atoms. The van der Waals surface area contributed by atoms with Crippen LogP contribution in [-0.4, -0.2) is 11.5 Å². The minimum Gasteiger partial charge on any atom is -0.370 e. The summed E-state index contributed by atoms with van der Waals surface area (Å²) in [6, 6.07) is 12.6. The van der Waals surface area contributed by atoms with Crippen LogP contribution < -0.4 is 10.6 Å². The van der Waals surface area contributed by atoms with Gasteiger partial charge in [-0.25, -0.2) is 4.98 Å². The van der Waals surface area contributed by atoms with Gasteiger partial charge in [0.25, 0.3) is 0 Å². The lowest BCUT2D eigenvalue weighted by atomic mass is 10.1. The number of pyridine rings is 1. The highest BCUT2D eigenvalue weighted by molar-refractivity contribution is 5.62. The molecule has 106 valence electrons. The first-order chi connectivity index (χ1) is 9.81. The fourth-order valence-electron chi connectivity index (χ4n) is 2.07. The van der Waals surface area contributed by atoms with Gasteiger partial charge in [-0.1, -0.05) is 32.4 Å². The molecule has 3 heteroatoms. The number of hydrogen-bond acceptors (Lipinski definition) is 3. The number of rotatable bonds is 7. The van der Waals surface area contributed by atoms with Crippen LogP contribution in [-0.2, 0) is 6.42 Å². The third-order valence-corrected chi connectivity index (χ3v) is 3.10. The summed E-state index contributed by atoms with van der Waals surface area (Å²) in [5.74, 6) is 0.916. The standard InChI is InChI=1S/C17H23N3/c1-3-5-14-6-8-15(9-7-14)20-16-10-12-19-17(13-16)18-11-4-2/h6-10,12-13H,3-5,11H2,1-2H3,(H2,18,19,20). The second kappa shape index (κ2) is 7.53. The van der Waals surface area contributed by atoms with Crippen molar-refractivity contribution >= 4 is 17.2 Å². The molecule has 2 N–H and O–H groups in total. The number of nitrogens with zero attached hydrogens (tertiary/aromatic N) is 1. The van der Waals surface area contributed by atoms with Gasteiger partial charge < -0.3 is 10.6 Å². The minimum atomic E-state index is 0.916. The molecule has 0 aliphatic carbocycles. The molecule has 0 aliphatic rings. The molecule has 0 saturated carbocycles. The van der Waals surface area contributed by atoms with Crippen LogP contribution >= 0.6 is 0 Å². The smallest absolute Gasteiger partial charge is 0.127 e. The van der Waals surface area contributed by atoms with E-state index in [1.165, 1.54) is 12.0 Å². The Morgan fingerprint density at radius 1 is 0.950 bits per heavy atom. The molecule has 0 amide bonds. The van der Waals surface area contributed by atoms with E-state index in [1.54, 1.807) is 0 Å². The van der Waals surface area contributed by atoms with Crippen molar-refractivity contribution in [1.29, 1.82) is 0 Å². The fourth-order valence-corrected chi connectivity index (χ4v) is 2.07. The molecular formula is C17H23N3. The number of hydrogen-bond donors (Lipinski definition) is 2. The van der Waals surface area contributed by atoms with Gasteiger partial charge in [0, 0.05) is 30.2 Å². The number of nitrogens with one attached hydrogen (secondary N) is 2. The summed E-state index contributed by atoms with van der Waals surface area (Å²) < 4.78 is 0. The quantitative estimate of drug-likeness (QED) is 0.771. The van der Waals surface area contributed by atoms with E-state index in [9.17, 15) is 0 Å². The predicted molar refractivity (Wildman–Crippen MR) is 86.7 cm³/mol. The Balaban J connectivity index is 2.01. The average molecular weight is 269 g/mol. The van der Waals surface area contributed by atoms with Crippen LogP contribution in [0.2, 0.25) is 0 Å². The maximum absolute atomic E-state index is 4.31. The van der Waals surface area contributed by atoms with Gasteiger partial charge >= 0.3 is 0 Å². The predicted octanol–water partition coefficient (Wildman–Crippen LogP) is 4.60. The van der Waals surface area contributed by atoms with E-state index in [0.29, 0.717) is 0 Å². The molecular weight excluding hydrogens is 246 g/mol. The normalized spacial score (nSPS) is 10.3. The summed E-state index contributed by atoms with van der Waals surface area (Å²) in [5.41, 5.74) is 3.55. The van der Waals surface area contributed by atoms with Crippen LogP contribution in [0.3, 0.4) is 0 Å². The molecule has 1 aromatic heterocycles. The number of aromatic nitrogens is 1. The SMILES string of the molecule is CCCNc1cc(Nc2ccc(CCC)cc2)ccn1. The van der Waals surface area contributed by atoms with Crippen molar-refractivity contribution in [3.63, 3.8) is 0 Å². The van der Waals surface area contributed by atoms with E-state index in [4.69, 9.17) is 0 Å². The van der Waals surface area contributed by atoms with Gasteiger partial charge in [-0.3, -0.25) is 0 Å². The molecule has 0 saturated heterocycles. The third-order valence-electron chi connectivity index (χ3n) is 3.10. The molecule has 0 radical (unpaired) electrons. The molecule has 0 fully saturated rings. The van der Waals surface area contributed by atoms with Crippen molar-refractivity contribution in [2.45, 2.75) is 33.1 Å². The maximum Gasteiger partial charge on any atom is 0.127 e. The number of anilines is 3. The highest BCUT2D eigenvalue weighted by atomic mass is 15.0. The van der Waals surface area contributed by atoms with Gasteiger partial charge in [-0.05, 0) is 36.6 Å². The minimum absolute atomic E-state index is 0.916. The largest absolute Gasteiger partial charge is 0.370 e. The molecule has 0 unspecified atom stereocenters. The molecule has 2 aromatic rings. The molecule has 1 aromatic carbocycles. The Kier molecular flexibility index (Phi) is 5.42. The van der Waals surface area contributed by atoms with Gasteiger partial charge in [-0.15, -0.1) is 0 Å². The van der Waals surface area contributed by atoms with E-state index < -0.39 is 0 Å². The second-order valence-electron chi connectivity index (χ2n) is 4.93. The van der Waals surface area contributed by atoms with Crippen LogP contribution in [0.5, 0.6) is 0 Å². The molecule has 1 heterocycles. The average Bonchev–Trinajstić information content (AvgIpc) is 2.48. The van der Waals surface area contributed by atoms with Crippen molar-refractivity contribution in [3.8, 4) is 0 Å². The Bertz CT molecular complexity index is 520. The Labute approximate surface area is 121 Å². The van der Waals surface area contributed by atoms with E-state index >= 15 is 0 Å². The maximum atomic E-state index is 4.31. The first-order valence-corrected chi connectivity index (χ1v) is 7.37. The lowest BCUT2D eigenvalue weighted by molar-refractivity contribution is 0.922. The summed E-state index contributed by atoms with van der Waals surface area (Å²) in [5, 5.41) is 6.71. The lowest BCUT2D eigenvalue weighted by Crippen LogP contribution is -2.02. The van der Waals surface area contributed by atoms with Crippen LogP contribution in [0, 0.1) is 0 Å². The van der Waals surface area contributed by atoms with Crippen LogP contribution in [0.1, 0.15) is 32.3 Å². The molecule has 0 aliphatic heterocycles. The van der Waals surface area contributed by atoms with E-state index in [1.807, 2.05) is 18.3 Å². The van der Waals surface area contributed by atoms with Gasteiger partial charge in [0.1, 0.15) is 5.82 Å². The van der Waals surface area contributed by atoms with Gasteiger partial charge in [0.05, 0.1) is 0 Å². The van der Waals surface area contributed by atoms with Gasteiger partial charge in [0.15, 0.2) is 0 Å². The first kappa shape index (κ1) is 14.4. The summed E-state index contributed by atoms with van der Waals surface area (Å²) in [4.78, 5) is 4.31. The van der Waals surface area contributed by atoms with E-state index in [-0.39, 0.29) is 0 Å². The van der Waals surface area contributed by atoms with Crippen LogP contribution in [0.15, 0.2) is 42.6 Å². The van der Waals surface area contributed by atoms with Crippen molar-refractivity contribution in [1.82, 2.24) is 4.98 Å². The molecule has 0 atom stereocenters. The Morgan fingerprint density at radius 2 is 1.75 bits per heavy atom. The number of aryl methyl sites for hydroxylation is 1. The monoisotopic (exact) mass is 269 g/mol. The van der Waals surface area contributed by atoms with Crippen molar-refractivity contribution in [2.24, 2.45) is 0 Å². The summed E-state index contributed by atoms with van der Waals surface area (Å²) >= 11 is 0. The van der Waals surface area contributed by atoms with Crippen LogP contribution in [0.25, 0.3) is 0 Å². The first-order valence-electron chi connectivity index (χ1n) is 7.37. The lowest BCUT2D eigenvalue weighted by Gasteiger charge is -2.09. The van der Waals surface area contributed by atoms with E-state index in [2.05, 4.69) is 53.7 Å². The molecule has 20 heavy (non-hydrogen) atoms.